The predicted octanol–water partition coefficient (Wildman–Crippen LogP) is 0.625. The van der Waals surface area contributed by atoms with Gasteiger partial charge in [0.05, 0.1) is 24.2 Å². The SMILES string of the molecule is COCC(CO)NS(=O)(=O)c1cc(Br)cc(N)c1C. The molecule has 0 amide bonds. The topological polar surface area (TPSA) is 102 Å². The van der Waals surface area contributed by atoms with E-state index in [0.717, 1.165) is 0 Å². The maximum Gasteiger partial charge on any atom is 0.241 e. The van der Waals surface area contributed by atoms with Crippen LogP contribution in [0.3, 0.4) is 0 Å². The van der Waals surface area contributed by atoms with E-state index in [1.54, 1.807) is 13.0 Å². The van der Waals surface area contributed by atoms with E-state index in [4.69, 9.17) is 15.6 Å². The summed E-state index contributed by atoms with van der Waals surface area (Å²) in [5.41, 5.74) is 6.58. The van der Waals surface area contributed by atoms with Gasteiger partial charge in [-0.05, 0) is 24.6 Å². The molecule has 6 nitrogen and oxygen atoms in total. The number of rotatable bonds is 6. The van der Waals surface area contributed by atoms with Gasteiger partial charge in [0.15, 0.2) is 0 Å². The molecule has 4 N–H and O–H groups in total. The van der Waals surface area contributed by atoms with Gasteiger partial charge in [-0.2, -0.15) is 0 Å². The number of nitrogens with one attached hydrogen (secondary N) is 1. The third-order valence-electron chi connectivity index (χ3n) is 2.56. The van der Waals surface area contributed by atoms with Crippen LogP contribution in [0.5, 0.6) is 0 Å². The third-order valence-corrected chi connectivity index (χ3v) is 4.67. The summed E-state index contributed by atoms with van der Waals surface area (Å²) in [6, 6.07) is 2.40. The van der Waals surface area contributed by atoms with Gasteiger partial charge in [0, 0.05) is 17.3 Å². The Kier molecular flexibility index (Phi) is 5.75. The highest BCUT2D eigenvalue weighted by Crippen LogP contribution is 2.26. The molecule has 0 aliphatic carbocycles. The number of nitrogen functional groups attached to an aromatic ring is 1. The molecule has 1 unspecified atom stereocenters. The fraction of sp³-hybridized carbons (Fsp3) is 0.455. The van der Waals surface area contributed by atoms with Crippen LogP contribution in [0.25, 0.3) is 0 Å². The smallest absolute Gasteiger partial charge is 0.241 e. The Morgan fingerprint density at radius 3 is 2.68 bits per heavy atom. The Morgan fingerprint density at radius 1 is 1.53 bits per heavy atom. The molecule has 0 aromatic heterocycles. The lowest BCUT2D eigenvalue weighted by Gasteiger charge is -2.17. The Labute approximate surface area is 121 Å². The van der Waals surface area contributed by atoms with Gasteiger partial charge in [-0.3, -0.25) is 0 Å². The number of hydrogen-bond donors (Lipinski definition) is 3. The second kappa shape index (κ2) is 6.67. The van der Waals surface area contributed by atoms with Gasteiger partial charge in [-0.25, -0.2) is 13.1 Å². The zero-order valence-electron chi connectivity index (χ0n) is 10.7. The lowest BCUT2D eigenvalue weighted by atomic mass is 10.2. The van der Waals surface area contributed by atoms with Crippen LogP contribution in [0, 0.1) is 6.92 Å². The Balaban J connectivity index is 3.13. The molecule has 0 saturated carbocycles. The number of sulfonamides is 1. The van der Waals surface area contributed by atoms with Crippen molar-refractivity contribution in [2.75, 3.05) is 26.1 Å². The van der Waals surface area contributed by atoms with E-state index < -0.39 is 16.1 Å². The summed E-state index contributed by atoms with van der Waals surface area (Å²) in [5, 5.41) is 9.10. The number of ether oxygens (including phenoxy) is 1. The average Bonchev–Trinajstić information content (AvgIpc) is 2.32. The van der Waals surface area contributed by atoms with Crippen LogP contribution in [0.1, 0.15) is 5.56 Å². The summed E-state index contributed by atoms with van der Waals surface area (Å²) in [6.45, 7) is 1.36. The van der Waals surface area contributed by atoms with E-state index in [1.165, 1.54) is 13.2 Å². The van der Waals surface area contributed by atoms with Crippen LogP contribution < -0.4 is 10.5 Å². The van der Waals surface area contributed by atoms with Crippen molar-refractivity contribution in [3.63, 3.8) is 0 Å². The van der Waals surface area contributed by atoms with E-state index in [9.17, 15) is 8.42 Å². The number of anilines is 1. The molecule has 108 valence electrons. The molecule has 0 spiro atoms. The summed E-state index contributed by atoms with van der Waals surface area (Å²) >= 11 is 3.21. The maximum atomic E-state index is 12.2. The summed E-state index contributed by atoms with van der Waals surface area (Å²) in [4.78, 5) is 0.0777. The molecular formula is C11H17BrN2O4S. The number of methoxy groups -OCH3 is 1. The molecule has 1 rings (SSSR count). The Bertz CT molecular complexity index is 548. The van der Waals surface area contributed by atoms with Crippen molar-refractivity contribution in [2.45, 2.75) is 17.9 Å². The minimum atomic E-state index is -3.77. The number of hydrogen-bond acceptors (Lipinski definition) is 5. The first-order valence-corrected chi connectivity index (χ1v) is 7.77. The van der Waals surface area contributed by atoms with Crippen molar-refractivity contribution >= 4 is 31.6 Å². The van der Waals surface area contributed by atoms with Crippen molar-refractivity contribution in [3.8, 4) is 0 Å². The van der Waals surface area contributed by atoms with Crippen molar-refractivity contribution < 1.29 is 18.3 Å². The fourth-order valence-corrected chi connectivity index (χ4v) is 3.70. The monoisotopic (exact) mass is 352 g/mol. The molecule has 0 fully saturated rings. The van der Waals surface area contributed by atoms with E-state index in [0.29, 0.717) is 15.7 Å². The number of benzene rings is 1. The van der Waals surface area contributed by atoms with E-state index in [-0.39, 0.29) is 18.1 Å². The molecular weight excluding hydrogens is 336 g/mol. The van der Waals surface area contributed by atoms with Crippen LogP contribution in [-0.4, -0.2) is 39.9 Å². The first-order valence-electron chi connectivity index (χ1n) is 5.49. The van der Waals surface area contributed by atoms with E-state index in [1.807, 2.05) is 0 Å². The normalized spacial score (nSPS) is 13.5. The van der Waals surface area contributed by atoms with Gasteiger partial charge >= 0.3 is 0 Å². The highest BCUT2D eigenvalue weighted by molar-refractivity contribution is 9.10. The lowest BCUT2D eigenvalue weighted by molar-refractivity contribution is 0.139. The molecule has 8 heteroatoms. The summed E-state index contributed by atoms with van der Waals surface area (Å²) in [7, 11) is -2.34. The van der Waals surface area contributed by atoms with Crippen LogP contribution >= 0.6 is 15.9 Å². The number of aliphatic hydroxyl groups is 1. The lowest BCUT2D eigenvalue weighted by Crippen LogP contribution is -2.40. The van der Waals surface area contributed by atoms with Gasteiger partial charge < -0.3 is 15.6 Å². The zero-order chi connectivity index (χ0) is 14.6. The number of aliphatic hydroxyl groups excluding tert-OH is 1. The molecule has 0 aliphatic rings. The van der Waals surface area contributed by atoms with Gasteiger partial charge in [-0.1, -0.05) is 15.9 Å². The van der Waals surface area contributed by atoms with Gasteiger partial charge in [-0.15, -0.1) is 0 Å². The second-order valence-electron chi connectivity index (χ2n) is 4.07. The largest absolute Gasteiger partial charge is 0.398 e. The van der Waals surface area contributed by atoms with Crippen molar-refractivity contribution in [1.82, 2.24) is 4.72 Å². The highest BCUT2D eigenvalue weighted by Gasteiger charge is 2.22. The van der Waals surface area contributed by atoms with Gasteiger partial charge in [0.2, 0.25) is 10.0 Å². The standard InChI is InChI=1S/C11H17BrN2O4S/c1-7-10(13)3-8(12)4-11(7)19(16,17)14-9(5-15)6-18-2/h3-4,9,14-15H,5-6,13H2,1-2H3. The quantitative estimate of drug-likeness (QED) is 0.651. The first kappa shape index (κ1) is 16.4. The van der Waals surface area contributed by atoms with Gasteiger partial charge in [0.25, 0.3) is 0 Å². The molecule has 0 radical (unpaired) electrons. The minimum Gasteiger partial charge on any atom is -0.398 e. The van der Waals surface area contributed by atoms with Crippen molar-refractivity contribution in [1.29, 1.82) is 0 Å². The zero-order valence-corrected chi connectivity index (χ0v) is 13.1. The Morgan fingerprint density at radius 2 is 2.16 bits per heavy atom. The van der Waals surface area contributed by atoms with Crippen LogP contribution in [-0.2, 0) is 14.8 Å². The van der Waals surface area contributed by atoms with E-state index >= 15 is 0 Å². The van der Waals surface area contributed by atoms with Crippen molar-refractivity contribution in [3.05, 3.63) is 22.2 Å². The molecule has 0 aliphatic heterocycles. The molecule has 0 bridgehead atoms. The summed E-state index contributed by atoms with van der Waals surface area (Å²) in [5.74, 6) is 0. The molecule has 1 aromatic carbocycles. The summed E-state index contributed by atoms with van der Waals surface area (Å²) in [6.07, 6.45) is 0. The van der Waals surface area contributed by atoms with E-state index in [2.05, 4.69) is 20.7 Å². The third kappa shape index (κ3) is 4.15. The molecule has 1 aromatic rings. The molecule has 1 atom stereocenters. The molecule has 0 saturated heterocycles. The van der Waals surface area contributed by atoms with Crippen LogP contribution in [0.2, 0.25) is 0 Å². The minimum absolute atomic E-state index is 0.0777. The second-order valence-corrected chi connectivity index (χ2v) is 6.67. The van der Waals surface area contributed by atoms with Gasteiger partial charge in [0.1, 0.15) is 0 Å². The van der Waals surface area contributed by atoms with Crippen LogP contribution in [0.4, 0.5) is 5.69 Å². The molecule has 19 heavy (non-hydrogen) atoms. The average molecular weight is 353 g/mol. The predicted molar refractivity (Wildman–Crippen MR) is 76.4 cm³/mol. The maximum absolute atomic E-state index is 12.2. The first-order chi connectivity index (χ1) is 8.81. The fourth-order valence-electron chi connectivity index (χ4n) is 1.56. The highest BCUT2D eigenvalue weighted by atomic mass is 79.9. The molecule has 0 heterocycles. The number of nitrogens with two attached hydrogens (primary N) is 1. The Hall–Kier alpha value is -0.670. The summed E-state index contributed by atoms with van der Waals surface area (Å²) < 4.78 is 32.3. The van der Waals surface area contributed by atoms with Crippen LogP contribution in [0.15, 0.2) is 21.5 Å². The van der Waals surface area contributed by atoms with Crippen molar-refractivity contribution in [2.24, 2.45) is 0 Å². The number of halogens is 1.